The van der Waals surface area contributed by atoms with Crippen LogP contribution in [0.15, 0.2) is 29.2 Å². The van der Waals surface area contributed by atoms with E-state index >= 15 is 0 Å². The third-order valence-corrected chi connectivity index (χ3v) is 5.11. The molecule has 0 bridgehead atoms. The maximum absolute atomic E-state index is 12.4. The highest BCUT2D eigenvalue weighted by Crippen LogP contribution is 2.35. The molecule has 0 spiro atoms. The quantitative estimate of drug-likeness (QED) is 0.802. The van der Waals surface area contributed by atoms with Crippen molar-refractivity contribution in [3.63, 3.8) is 0 Å². The van der Waals surface area contributed by atoms with Gasteiger partial charge in [0, 0.05) is 12.6 Å². The van der Waals surface area contributed by atoms with Gasteiger partial charge in [-0.3, -0.25) is 0 Å². The molecule has 0 amide bonds. The van der Waals surface area contributed by atoms with Crippen LogP contribution in [0.25, 0.3) is 0 Å². The average molecular weight is 282 g/mol. The molecule has 2 unspecified atom stereocenters. The lowest BCUT2D eigenvalue weighted by Gasteiger charge is -2.11. The summed E-state index contributed by atoms with van der Waals surface area (Å²) in [5.41, 5.74) is 0.810. The Bertz CT molecular complexity index is 528. The molecule has 1 aromatic rings. The minimum atomic E-state index is -3.39. The second kappa shape index (κ2) is 6.03. The van der Waals surface area contributed by atoms with E-state index in [9.17, 15) is 8.42 Å². The fourth-order valence-corrected chi connectivity index (χ4v) is 4.00. The lowest BCUT2D eigenvalue weighted by molar-refractivity contribution is 0.571. The molecule has 0 aromatic heterocycles. The van der Waals surface area contributed by atoms with Gasteiger partial charge in [0.25, 0.3) is 0 Å². The van der Waals surface area contributed by atoms with E-state index < -0.39 is 10.0 Å². The molecule has 4 nitrogen and oxygen atoms in total. The fourth-order valence-electron chi connectivity index (χ4n) is 2.45. The Kier molecular flexibility index (Phi) is 4.60. The van der Waals surface area contributed by atoms with Crippen LogP contribution in [-0.2, 0) is 16.6 Å². The normalized spacial score (nSPS) is 22.4. The zero-order valence-corrected chi connectivity index (χ0v) is 12.3. The van der Waals surface area contributed by atoms with E-state index in [1.165, 1.54) is 0 Å². The zero-order valence-electron chi connectivity index (χ0n) is 11.5. The summed E-state index contributed by atoms with van der Waals surface area (Å²) in [6, 6.07) is 7.29. The second-order valence-corrected chi connectivity index (χ2v) is 6.83. The van der Waals surface area contributed by atoms with Crippen molar-refractivity contribution in [1.29, 1.82) is 0 Å². The number of hydrogen-bond acceptors (Lipinski definition) is 3. The van der Waals surface area contributed by atoms with Crippen LogP contribution in [0.2, 0.25) is 0 Å². The number of rotatable bonds is 7. The highest BCUT2D eigenvalue weighted by atomic mass is 32.2. The molecule has 1 fully saturated rings. The number of hydrogen-bond donors (Lipinski definition) is 2. The number of benzene rings is 1. The molecule has 0 radical (unpaired) electrons. The molecule has 5 heteroatoms. The zero-order chi connectivity index (χ0) is 13.9. The summed E-state index contributed by atoms with van der Waals surface area (Å²) in [7, 11) is -1.58. The maximum atomic E-state index is 12.4. The van der Waals surface area contributed by atoms with E-state index in [0.29, 0.717) is 17.4 Å². The van der Waals surface area contributed by atoms with Crippen molar-refractivity contribution < 1.29 is 8.42 Å². The third-order valence-electron chi connectivity index (χ3n) is 3.52. The van der Waals surface area contributed by atoms with E-state index in [1.807, 2.05) is 19.2 Å². The van der Waals surface area contributed by atoms with Gasteiger partial charge in [-0.05, 0) is 37.4 Å². The first kappa shape index (κ1) is 14.5. The molecular weight excluding hydrogens is 260 g/mol. The summed E-state index contributed by atoms with van der Waals surface area (Å²) in [6.07, 6.45) is 3.19. The smallest absolute Gasteiger partial charge is 0.241 e. The molecular formula is C14H22N2O2S. The molecule has 1 aromatic carbocycles. The predicted molar refractivity (Wildman–Crippen MR) is 76.3 cm³/mol. The van der Waals surface area contributed by atoms with Gasteiger partial charge in [-0.2, -0.15) is 0 Å². The highest BCUT2D eigenvalue weighted by Gasteiger charge is 2.39. The van der Waals surface area contributed by atoms with Crippen molar-refractivity contribution in [2.45, 2.75) is 43.7 Å². The van der Waals surface area contributed by atoms with Crippen molar-refractivity contribution in [2.75, 3.05) is 7.05 Å². The minimum absolute atomic E-state index is 0.132. The Balaban J connectivity index is 2.12. The molecule has 106 valence electrons. The highest BCUT2D eigenvalue weighted by molar-refractivity contribution is 7.89. The van der Waals surface area contributed by atoms with Crippen LogP contribution in [0.3, 0.4) is 0 Å². The SMILES string of the molecule is CCCC1CC1NS(=O)(=O)c1ccccc1CNC. The van der Waals surface area contributed by atoms with Gasteiger partial charge in [0.05, 0.1) is 4.90 Å². The Morgan fingerprint density at radius 2 is 2.05 bits per heavy atom. The second-order valence-electron chi connectivity index (χ2n) is 5.15. The van der Waals surface area contributed by atoms with Gasteiger partial charge in [-0.25, -0.2) is 13.1 Å². The van der Waals surface area contributed by atoms with Gasteiger partial charge in [0.15, 0.2) is 0 Å². The molecule has 2 atom stereocenters. The minimum Gasteiger partial charge on any atom is -0.316 e. The Hall–Kier alpha value is -0.910. The molecule has 0 saturated heterocycles. The van der Waals surface area contributed by atoms with E-state index in [4.69, 9.17) is 0 Å². The topological polar surface area (TPSA) is 58.2 Å². The van der Waals surface area contributed by atoms with Crippen molar-refractivity contribution in [2.24, 2.45) is 5.92 Å². The molecule has 19 heavy (non-hydrogen) atoms. The number of nitrogens with one attached hydrogen (secondary N) is 2. The Morgan fingerprint density at radius 1 is 1.32 bits per heavy atom. The summed E-state index contributed by atoms with van der Waals surface area (Å²) < 4.78 is 27.6. The monoisotopic (exact) mass is 282 g/mol. The largest absolute Gasteiger partial charge is 0.316 e. The molecule has 1 saturated carbocycles. The summed E-state index contributed by atoms with van der Waals surface area (Å²) >= 11 is 0. The molecule has 0 heterocycles. The van der Waals surface area contributed by atoms with Crippen LogP contribution in [-0.4, -0.2) is 21.5 Å². The van der Waals surface area contributed by atoms with Gasteiger partial charge < -0.3 is 5.32 Å². The third kappa shape index (κ3) is 3.55. The molecule has 0 aliphatic heterocycles. The lowest BCUT2D eigenvalue weighted by atomic mass is 10.2. The number of sulfonamides is 1. The van der Waals surface area contributed by atoms with E-state index in [2.05, 4.69) is 17.0 Å². The first-order valence-electron chi connectivity index (χ1n) is 6.83. The summed E-state index contributed by atoms with van der Waals surface area (Å²) in [4.78, 5) is 0.395. The van der Waals surface area contributed by atoms with Gasteiger partial charge in [0.1, 0.15) is 0 Å². The first-order valence-corrected chi connectivity index (χ1v) is 8.31. The summed E-state index contributed by atoms with van der Waals surface area (Å²) in [6.45, 7) is 2.69. The average Bonchev–Trinajstić information content (AvgIpc) is 3.08. The van der Waals surface area contributed by atoms with Crippen molar-refractivity contribution in [1.82, 2.24) is 10.0 Å². The maximum Gasteiger partial charge on any atom is 0.241 e. The van der Waals surface area contributed by atoms with Gasteiger partial charge in [0.2, 0.25) is 10.0 Å². The molecule has 2 rings (SSSR count). The summed E-state index contributed by atoms with van der Waals surface area (Å²) in [5.74, 6) is 0.524. The van der Waals surface area contributed by atoms with E-state index in [0.717, 1.165) is 24.8 Å². The molecule has 1 aliphatic rings. The van der Waals surface area contributed by atoms with Gasteiger partial charge in [-0.1, -0.05) is 31.5 Å². The first-order chi connectivity index (χ1) is 9.08. The van der Waals surface area contributed by atoms with Crippen LogP contribution in [0, 0.1) is 5.92 Å². The van der Waals surface area contributed by atoms with Crippen LogP contribution < -0.4 is 10.0 Å². The molecule has 1 aliphatic carbocycles. The van der Waals surface area contributed by atoms with Crippen LogP contribution in [0.4, 0.5) is 0 Å². The Morgan fingerprint density at radius 3 is 2.74 bits per heavy atom. The van der Waals surface area contributed by atoms with Crippen LogP contribution in [0.1, 0.15) is 31.7 Å². The predicted octanol–water partition coefficient (Wildman–Crippen LogP) is 1.87. The van der Waals surface area contributed by atoms with E-state index in [-0.39, 0.29) is 6.04 Å². The fraction of sp³-hybridized carbons (Fsp3) is 0.571. The van der Waals surface area contributed by atoms with Crippen molar-refractivity contribution in [3.05, 3.63) is 29.8 Å². The van der Waals surface area contributed by atoms with E-state index in [1.54, 1.807) is 12.1 Å². The van der Waals surface area contributed by atoms with Crippen LogP contribution >= 0.6 is 0 Å². The Labute approximate surface area is 115 Å². The van der Waals surface area contributed by atoms with Crippen molar-refractivity contribution in [3.8, 4) is 0 Å². The molecule has 2 N–H and O–H groups in total. The van der Waals surface area contributed by atoms with Crippen molar-refractivity contribution >= 4 is 10.0 Å². The lowest BCUT2D eigenvalue weighted by Crippen LogP contribution is -2.28. The van der Waals surface area contributed by atoms with Gasteiger partial charge in [-0.15, -0.1) is 0 Å². The summed E-state index contributed by atoms with van der Waals surface area (Å²) in [5, 5.41) is 3.00. The standard InChI is InChI=1S/C14H22N2O2S/c1-3-6-11-9-13(11)16-19(17,18)14-8-5-4-7-12(14)10-15-2/h4-5,7-8,11,13,15-16H,3,6,9-10H2,1-2H3. The van der Waals surface area contributed by atoms with Crippen LogP contribution in [0.5, 0.6) is 0 Å². The van der Waals surface area contributed by atoms with Gasteiger partial charge >= 0.3 is 0 Å².